The third-order valence-corrected chi connectivity index (χ3v) is 13.3. The average molecular weight is 822 g/mol. The number of aliphatic hydroxyl groups excluding tert-OH is 1. The number of aromatic nitrogens is 4. The molecule has 6 aromatic rings. The van der Waals surface area contributed by atoms with E-state index >= 15 is 0 Å². The Morgan fingerprint density at radius 3 is 2.66 bits per heavy atom. The first-order valence-electron chi connectivity index (χ1n) is 19.7. The van der Waals surface area contributed by atoms with Crippen LogP contribution in [0, 0.1) is 12.8 Å². The van der Waals surface area contributed by atoms with E-state index in [2.05, 4.69) is 30.6 Å². The monoisotopic (exact) mass is 821 g/mol. The number of nitrogens with zero attached hydrogens (tertiary/aromatic N) is 6. The highest BCUT2D eigenvalue weighted by Gasteiger charge is 2.43. The van der Waals surface area contributed by atoms with Gasteiger partial charge < -0.3 is 29.7 Å². The van der Waals surface area contributed by atoms with Gasteiger partial charge in [0.15, 0.2) is 5.76 Å². The zero-order valence-electron chi connectivity index (χ0n) is 32.9. The molecule has 13 nitrogen and oxygen atoms in total. The predicted molar refractivity (Wildman–Crippen MR) is 223 cm³/mol. The highest BCUT2D eigenvalue weighted by Crippen LogP contribution is 2.37. The zero-order chi connectivity index (χ0) is 40.5. The van der Waals surface area contributed by atoms with Gasteiger partial charge in [0.25, 0.3) is 5.88 Å². The van der Waals surface area contributed by atoms with Crippen LogP contribution in [0.3, 0.4) is 0 Å². The van der Waals surface area contributed by atoms with Crippen LogP contribution in [0.25, 0.3) is 31.9 Å². The maximum Gasteiger partial charge on any atom is 0.254 e. The lowest BCUT2D eigenvalue weighted by Crippen LogP contribution is -2.48. The van der Waals surface area contributed by atoms with Crippen molar-refractivity contribution in [3.63, 3.8) is 0 Å². The number of phenols is 1. The number of para-hydroxylation sites is 1. The minimum atomic E-state index is -0.825. The van der Waals surface area contributed by atoms with E-state index in [1.54, 1.807) is 40.9 Å². The van der Waals surface area contributed by atoms with Crippen LogP contribution in [0.5, 0.6) is 11.6 Å². The summed E-state index contributed by atoms with van der Waals surface area (Å²) in [7, 11) is 0. The molecule has 4 aromatic heterocycles. The number of β-amino-alcohol motifs (C(OH)–C–C–N with tert-alkyl or cyclic N) is 1. The summed E-state index contributed by atoms with van der Waals surface area (Å²) in [5.74, 6) is -0.660. The molecule has 0 spiro atoms. The number of nitrogens with one attached hydrogen (secondary N) is 1. The van der Waals surface area contributed by atoms with Crippen LogP contribution in [-0.2, 0) is 22.6 Å². The number of aromatic hydroxyl groups is 1. The van der Waals surface area contributed by atoms with Crippen LogP contribution >= 0.6 is 22.7 Å². The molecule has 2 aliphatic rings. The van der Waals surface area contributed by atoms with E-state index in [9.17, 15) is 19.8 Å². The number of ether oxygens (including phenoxy) is 1. The lowest BCUT2D eigenvalue weighted by Gasteiger charge is -2.29. The van der Waals surface area contributed by atoms with E-state index in [-0.39, 0.29) is 42.5 Å². The highest BCUT2D eigenvalue weighted by molar-refractivity contribution is 7.18. The van der Waals surface area contributed by atoms with Gasteiger partial charge >= 0.3 is 0 Å². The standard InChI is InChI=1S/C43H47N7O6S2/c1-24(2)39(43(54)50-21-29(51)18-34(50)41(53)45-25(3)27-10-12-28(13-11-27)40-26(4)44-23-57-40)36-20-38(48-56-36)55-17-7-15-49-16-14-37-32(22-49)31-19-33(46-47-42(31)58-37)30-8-5-6-9-35(30)52/h5-6,8-13,19-20,23-25,29,34,39,51-52H,7,14-18,21-22H2,1-4H3,(H,45,53)/t25-,29+,34-,39+/m0/s1. The summed E-state index contributed by atoms with van der Waals surface area (Å²) in [6.07, 6.45) is 1.01. The van der Waals surface area contributed by atoms with Gasteiger partial charge in [-0.3, -0.25) is 14.5 Å². The Morgan fingerprint density at radius 1 is 1.09 bits per heavy atom. The van der Waals surface area contributed by atoms with Gasteiger partial charge in [0.1, 0.15) is 22.5 Å². The lowest BCUT2D eigenvalue weighted by atomic mass is 9.91. The molecule has 2 aromatic carbocycles. The summed E-state index contributed by atoms with van der Waals surface area (Å²) in [6.45, 7) is 10.7. The minimum absolute atomic E-state index is 0.0548. The molecule has 0 bridgehead atoms. The maximum atomic E-state index is 14.2. The summed E-state index contributed by atoms with van der Waals surface area (Å²) in [5.41, 5.74) is 7.39. The van der Waals surface area contributed by atoms with Crippen LogP contribution < -0.4 is 10.1 Å². The number of aryl methyl sites for hydroxylation is 1. The number of benzene rings is 2. The number of fused-ring (bicyclic) bond motifs is 3. The van der Waals surface area contributed by atoms with E-state index in [1.807, 2.05) is 75.7 Å². The third kappa shape index (κ3) is 8.21. The van der Waals surface area contributed by atoms with E-state index in [4.69, 9.17) is 9.26 Å². The number of thiophene rings is 1. The molecular weight excluding hydrogens is 775 g/mol. The van der Waals surface area contributed by atoms with Crippen molar-refractivity contribution < 1.29 is 29.1 Å². The number of hydrogen-bond acceptors (Lipinski definition) is 13. The SMILES string of the molecule is Cc1ncsc1-c1ccc([C@H](C)NC(=O)[C@@H]2C[C@@H](O)CN2C(=O)[C@@H](c2cc(OCCCN3CCc4sc5nnc(-c6ccccc6O)cc5c4C3)no2)C(C)C)cc1. The van der Waals surface area contributed by atoms with Crippen LogP contribution in [0.4, 0.5) is 0 Å². The quantitative estimate of drug-likeness (QED) is 0.104. The highest BCUT2D eigenvalue weighted by atomic mass is 32.1. The lowest BCUT2D eigenvalue weighted by molar-refractivity contribution is -0.141. The fraction of sp³-hybridized carbons (Fsp3) is 0.395. The Balaban J connectivity index is 0.858. The van der Waals surface area contributed by atoms with Gasteiger partial charge in [-0.2, -0.15) is 0 Å². The fourth-order valence-corrected chi connectivity index (χ4v) is 9.93. The number of carbonyl (C=O) groups is 2. The van der Waals surface area contributed by atoms with Crippen LogP contribution in [-0.4, -0.2) is 90.6 Å². The topological polar surface area (TPSA) is 167 Å². The molecule has 0 aliphatic carbocycles. The first-order valence-corrected chi connectivity index (χ1v) is 21.4. The summed E-state index contributed by atoms with van der Waals surface area (Å²) < 4.78 is 11.7. The first kappa shape index (κ1) is 39.6. The maximum absolute atomic E-state index is 14.2. The number of likely N-dealkylation sites (tertiary alicyclic amines) is 1. The van der Waals surface area contributed by atoms with E-state index in [0.717, 1.165) is 64.4 Å². The molecule has 4 atom stereocenters. The molecule has 1 fully saturated rings. The number of aliphatic hydroxyl groups is 1. The van der Waals surface area contributed by atoms with Gasteiger partial charge in [0, 0.05) is 54.5 Å². The molecule has 58 heavy (non-hydrogen) atoms. The second kappa shape index (κ2) is 16.9. The summed E-state index contributed by atoms with van der Waals surface area (Å²) in [4.78, 5) is 39.4. The van der Waals surface area contributed by atoms with Gasteiger partial charge in [-0.05, 0) is 72.7 Å². The van der Waals surface area contributed by atoms with E-state index in [1.165, 1.54) is 15.3 Å². The molecule has 15 heteroatoms. The molecule has 0 saturated carbocycles. The Morgan fingerprint density at radius 2 is 1.90 bits per heavy atom. The number of phenolic OH excluding ortho intramolecular Hbond substituents is 1. The molecular formula is C43H47N7O6S2. The molecule has 2 amide bonds. The van der Waals surface area contributed by atoms with Crippen LogP contribution in [0.2, 0.25) is 0 Å². The molecule has 6 heterocycles. The van der Waals surface area contributed by atoms with E-state index in [0.29, 0.717) is 29.5 Å². The largest absolute Gasteiger partial charge is 0.507 e. The fourth-order valence-electron chi connectivity index (χ4n) is 8.02. The normalized spacial score (nSPS) is 18.1. The van der Waals surface area contributed by atoms with Crippen molar-refractivity contribution in [2.24, 2.45) is 5.92 Å². The van der Waals surface area contributed by atoms with Gasteiger partial charge in [-0.1, -0.05) is 50.2 Å². The van der Waals surface area contributed by atoms with Crippen molar-refractivity contribution in [2.75, 3.05) is 26.2 Å². The molecule has 302 valence electrons. The Hall–Kier alpha value is -5.22. The number of amides is 2. The van der Waals surface area contributed by atoms with Crippen molar-refractivity contribution in [1.82, 2.24) is 35.5 Å². The predicted octanol–water partition coefficient (Wildman–Crippen LogP) is 6.89. The second-order valence-electron chi connectivity index (χ2n) is 15.5. The van der Waals surface area contributed by atoms with Crippen LogP contribution in [0.1, 0.15) is 73.0 Å². The summed E-state index contributed by atoms with van der Waals surface area (Å²) in [6, 6.07) is 17.8. The average Bonchev–Trinajstić information content (AvgIpc) is 4.03. The zero-order valence-corrected chi connectivity index (χ0v) is 34.6. The van der Waals surface area contributed by atoms with Crippen molar-refractivity contribution in [3.8, 4) is 33.3 Å². The van der Waals surface area contributed by atoms with Crippen molar-refractivity contribution >= 4 is 44.7 Å². The number of rotatable bonds is 13. The summed E-state index contributed by atoms with van der Waals surface area (Å²) >= 11 is 3.28. The Kier molecular flexibility index (Phi) is 11.6. The summed E-state index contributed by atoms with van der Waals surface area (Å²) in [5, 5.41) is 38.2. The second-order valence-corrected chi connectivity index (χ2v) is 17.4. The van der Waals surface area contributed by atoms with Crippen molar-refractivity contribution in [1.29, 1.82) is 0 Å². The molecule has 1 saturated heterocycles. The number of carbonyl (C=O) groups excluding carboxylic acids is 2. The Bertz CT molecular complexity index is 2410. The third-order valence-electron chi connectivity index (χ3n) is 11.1. The number of hydrogen-bond donors (Lipinski definition) is 3. The molecule has 0 radical (unpaired) electrons. The van der Waals surface area contributed by atoms with Crippen molar-refractivity contribution in [2.45, 2.75) is 77.6 Å². The van der Waals surface area contributed by atoms with Gasteiger partial charge in [-0.25, -0.2) is 4.98 Å². The van der Waals surface area contributed by atoms with Crippen molar-refractivity contribution in [3.05, 3.63) is 93.6 Å². The van der Waals surface area contributed by atoms with E-state index < -0.39 is 18.1 Å². The van der Waals surface area contributed by atoms with Crippen LogP contribution in [0.15, 0.2) is 70.7 Å². The molecule has 0 unspecified atom stereocenters. The Labute approximate surface area is 344 Å². The van der Waals surface area contributed by atoms with Gasteiger partial charge in [0.2, 0.25) is 11.8 Å². The minimum Gasteiger partial charge on any atom is -0.507 e. The number of thiazole rings is 1. The molecule has 2 aliphatic heterocycles. The van der Waals surface area contributed by atoms with Gasteiger partial charge in [0.05, 0.1) is 40.5 Å². The first-order chi connectivity index (χ1) is 28.0. The smallest absolute Gasteiger partial charge is 0.254 e. The molecule has 8 rings (SSSR count). The van der Waals surface area contributed by atoms with Gasteiger partial charge in [-0.15, -0.1) is 32.9 Å². The molecule has 3 N–H and O–H groups in total.